The second-order valence-corrected chi connectivity index (χ2v) is 6.77. The molecule has 0 saturated carbocycles. The lowest BCUT2D eigenvalue weighted by molar-refractivity contribution is -0.136. The Hall–Kier alpha value is -2.52. The number of nitrogens with two attached hydrogens (primary N) is 1. The molecule has 0 aromatic carbocycles. The predicted molar refractivity (Wildman–Crippen MR) is 90.6 cm³/mol. The van der Waals surface area contributed by atoms with Crippen LogP contribution in [0, 0.1) is 5.92 Å². The molecule has 1 atom stereocenters. The summed E-state index contributed by atoms with van der Waals surface area (Å²) in [5.41, 5.74) is 4.54. The summed E-state index contributed by atoms with van der Waals surface area (Å²) in [6.45, 7) is 4.60. The van der Waals surface area contributed by atoms with Crippen LogP contribution in [-0.2, 0) is 11.0 Å². The van der Waals surface area contributed by atoms with Gasteiger partial charge < -0.3 is 16.0 Å². The third kappa shape index (κ3) is 3.40. The summed E-state index contributed by atoms with van der Waals surface area (Å²) in [6.07, 6.45) is -2.06. The van der Waals surface area contributed by atoms with Crippen molar-refractivity contribution >= 4 is 23.1 Å². The van der Waals surface area contributed by atoms with Crippen LogP contribution in [0.5, 0.6) is 0 Å². The van der Waals surface area contributed by atoms with Crippen LogP contribution in [0.1, 0.15) is 32.3 Å². The molecule has 1 aliphatic heterocycles. The quantitative estimate of drug-likeness (QED) is 0.864. The number of rotatable bonds is 3. The fraction of sp³-hybridized carbons (Fsp3) is 0.562. The number of carbonyl (C=O) groups excluding carboxylic acids is 1. The van der Waals surface area contributed by atoms with E-state index in [2.05, 4.69) is 15.4 Å². The first-order chi connectivity index (χ1) is 12.2. The molecule has 1 unspecified atom stereocenters. The second kappa shape index (κ2) is 6.65. The summed E-state index contributed by atoms with van der Waals surface area (Å²) >= 11 is 0. The van der Waals surface area contributed by atoms with Crippen molar-refractivity contribution in [2.24, 2.45) is 5.92 Å². The van der Waals surface area contributed by atoms with E-state index in [0.717, 1.165) is 16.9 Å². The van der Waals surface area contributed by atoms with Gasteiger partial charge in [-0.25, -0.2) is 9.50 Å². The minimum atomic E-state index is -4.58. The van der Waals surface area contributed by atoms with Gasteiger partial charge in [0, 0.05) is 19.1 Å². The highest BCUT2D eigenvalue weighted by Gasteiger charge is 2.38. The average molecular weight is 370 g/mol. The lowest BCUT2D eigenvalue weighted by Gasteiger charge is -2.33. The first-order valence-electron chi connectivity index (χ1n) is 8.43. The van der Waals surface area contributed by atoms with Crippen LogP contribution in [0.15, 0.2) is 12.4 Å². The third-order valence-corrected chi connectivity index (χ3v) is 4.42. The molecule has 3 heterocycles. The molecule has 0 aliphatic carbocycles. The first-order valence-corrected chi connectivity index (χ1v) is 8.43. The van der Waals surface area contributed by atoms with Gasteiger partial charge in [0.05, 0.1) is 11.5 Å². The van der Waals surface area contributed by atoms with Gasteiger partial charge in [0.2, 0.25) is 5.91 Å². The predicted octanol–water partition coefficient (Wildman–Crippen LogP) is 2.07. The zero-order valence-electron chi connectivity index (χ0n) is 14.5. The maximum atomic E-state index is 13.4. The van der Waals surface area contributed by atoms with Crippen LogP contribution in [0.25, 0.3) is 5.52 Å². The molecule has 1 fully saturated rings. The number of nitrogens with one attached hydrogen (secondary N) is 1. The molecule has 3 rings (SSSR count). The van der Waals surface area contributed by atoms with Crippen LogP contribution < -0.4 is 16.0 Å². The van der Waals surface area contributed by atoms with Gasteiger partial charge in [-0.1, -0.05) is 0 Å². The third-order valence-electron chi connectivity index (χ3n) is 4.42. The Morgan fingerprint density at radius 3 is 2.81 bits per heavy atom. The number of aromatic nitrogens is 3. The van der Waals surface area contributed by atoms with E-state index in [9.17, 15) is 18.0 Å². The highest BCUT2D eigenvalue weighted by molar-refractivity contribution is 5.80. The standard InChI is InChI=1S/C16H21F3N6O/c1-9(2)23-15(26)10-4-3-5-24(7-10)12-6-11(16(17,18)19)13-14(20)21-8-22-25(12)13/h6,8-10H,3-5,7H2,1-2H3,(H,23,26)(H2,20,21,22). The number of hydrogen-bond acceptors (Lipinski definition) is 5. The Morgan fingerprint density at radius 2 is 2.15 bits per heavy atom. The van der Waals surface area contributed by atoms with E-state index >= 15 is 0 Å². The highest BCUT2D eigenvalue weighted by Crippen LogP contribution is 2.39. The van der Waals surface area contributed by atoms with Crippen molar-refractivity contribution in [1.29, 1.82) is 0 Å². The van der Waals surface area contributed by atoms with Gasteiger partial charge in [0.15, 0.2) is 5.82 Å². The number of halogens is 3. The van der Waals surface area contributed by atoms with E-state index in [0.29, 0.717) is 25.9 Å². The molecule has 2 aromatic heterocycles. The smallest absolute Gasteiger partial charge is 0.382 e. The number of hydrogen-bond donors (Lipinski definition) is 2. The fourth-order valence-electron chi connectivity index (χ4n) is 3.29. The molecule has 26 heavy (non-hydrogen) atoms. The van der Waals surface area contributed by atoms with Crippen molar-refractivity contribution in [3.05, 3.63) is 18.0 Å². The molecular weight excluding hydrogens is 349 g/mol. The Balaban J connectivity index is 1.98. The number of carbonyl (C=O) groups is 1. The van der Waals surface area contributed by atoms with Crippen LogP contribution in [0.3, 0.4) is 0 Å². The molecule has 0 bridgehead atoms. The molecule has 3 N–H and O–H groups in total. The van der Waals surface area contributed by atoms with Crippen LogP contribution >= 0.6 is 0 Å². The molecule has 7 nitrogen and oxygen atoms in total. The maximum absolute atomic E-state index is 13.4. The van der Waals surface area contributed by atoms with Crippen LogP contribution in [-0.4, -0.2) is 39.6 Å². The largest absolute Gasteiger partial charge is 0.418 e. The van der Waals surface area contributed by atoms with Crippen molar-refractivity contribution in [2.75, 3.05) is 23.7 Å². The van der Waals surface area contributed by atoms with E-state index in [1.807, 2.05) is 13.8 Å². The number of nitrogens with zero attached hydrogens (tertiary/aromatic N) is 4. The van der Waals surface area contributed by atoms with Gasteiger partial charge in [-0.15, -0.1) is 0 Å². The molecular formula is C16H21F3N6O. The Bertz CT molecular complexity index is 816. The Kier molecular flexibility index (Phi) is 4.68. The monoisotopic (exact) mass is 370 g/mol. The molecule has 2 aromatic rings. The number of amides is 1. The van der Waals surface area contributed by atoms with Crippen LogP contribution in [0.4, 0.5) is 24.8 Å². The van der Waals surface area contributed by atoms with Gasteiger partial charge >= 0.3 is 6.18 Å². The van der Waals surface area contributed by atoms with E-state index < -0.39 is 11.7 Å². The minimum absolute atomic E-state index is 0.0105. The fourth-order valence-corrected chi connectivity index (χ4v) is 3.29. The van der Waals surface area contributed by atoms with Crippen molar-refractivity contribution in [1.82, 2.24) is 19.9 Å². The summed E-state index contributed by atoms with van der Waals surface area (Å²) in [6, 6.07) is 1.04. The van der Waals surface area contributed by atoms with Gasteiger partial charge in [0.25, 0.3) is 0 Å². The SMILES string of the molecule is CC(C)NC(=O)C1CCCN(c2cc(C(F)(F)F)c3c(N)ncnn23)C1. The van der Waals surface area contributed by atoms with Crippen molar-refractivity contribution in [3.63, 3.8) is 0 Å². The van der Waals surface area contributed by atoms with Gasteiger partial charge in [0.1, 0.15) is 17.7 Å². The molecule has 1 saturated heterocycles. The number of nitrogen functional groups attached to an aromatic ring is 1. The zero-order chi connectivity index (χ0) is 19.1. The minimum Gasteiger partial charge on any atom is -0.382 e. The topological polar surface area (TPSA) is 88.5 Å². The van der Waals surface area contributed by atoms with Gasteiger partial charge in [-0.3, -0.25) is 4.79 Å². The molecule has 10 heteroatoms. The maximum Gasteiger partial charge on any atom is 0.418 e. The Morgan fingerprint density at radius 1 is 1.42 bits per heavy atom. The summed E-state index contributed by atoms with van der Waals surface area (Å²) in [5, 5.41) is 6.82. The Labute approximate surface area is 148 Å². The van der Waals surface area contributed by atoms with E-state index in [1.54, 1.807) is 4.90 Å². The summed E-state index contributed by atoms with van der Waals surface area (Å²) in [4.78, 5) is 17.7. The van der Waals surface area contributed by atoms with Crippen LogP contribution in [0.2, 0.25) is 0 Å². The lowest BCUT2D eigenvalue weighted by atomic mass is 9.97. The molecule has 0 radical (unpaired) electrons. The first kappa shape index (κ1) is 18.3. The van der Waals surface area contributed by atoms with E-state index in [1.165, 1.54) is 0 Å². The number of alkyl halides is 3. The van der Waals surface area contributed by atoms with E-state index in [-0.39, 0.29) is 35.0 Å². The molecule has 1 amide bonds. The second-order valence-electron chi connectivity index (χ2n) is 6.77. The van der Waals surface area contributed by atoms with Crippen molar-refractivity contribution in [2.45, 2.75) is 38.9 Å². The van der Waals surface area contributed by atoms with Gasteiger partial charge in [-0.2, -0.15) is 18.3 Å². The number of piperidine rings is 1. The summed E-state index contributed by atoms with van der Waals surface area (Å²) < 4.78 is 41.4. The molecule has 1 aliphatic rings. The highest BCUT2D eigenvalue weighted by atomic mass is 19.4. The average Bonchev–Trinajstić information content (AvgIpc) is 2.95. The summed E-state index contributed by atoms with van der Waals surface area (Å²) in [5.74, 6) is -0.339. The lowest BCUT2D eigenvalue weighted by Crippen LogP contribution is -2.45. The van der Waals surface area contributed by atoms with Crippen molar-refractivity contribution < 1.29 is 18.0 Å². The van der Waals surface area contributed by atoms with Crippen molar-refractivity contribution in [3.8, 4) is 0 Å². The molecule has 0 spiro atoms. The summed E-state index contributed by atoms with van der Waals surface area (Å²) in [7, 11) is 0. The van der Waals surface area contributed by atoms with E-state index in [4.69, 9.17) is 5.73 Å². The number of fused-ring (bicyclic) bond motifs is 1. The van der Waals surface area contributed by atoms with Gasteiger partial charge in [-0.05, 0) is 32.8 Å². The molecule has 142 valence electrons. The zero-order valence-corrected chi connectivity index (χ0v) is 14.5. The normalized spacial score (nSPS) is 18.5. The number of anilines is 2.